The minimum absolute atomic E-state index is 0.00254. The van der Waals surface area contributed by atoms with Crippen LogP contribution in [0, 0.1) is 5.82 Å². The van der Waals surface area contributed by atoms with Gasteiger partial charge in [0.05, 0.1) is 18.9 Å². The van der Waals surface area contributed by atoms with E-state index in [1.54, 1.807) is 24.4 Å². The molecule has 1 aliphatic carbocycles. The van der Waals surface area contributed by atoms with Crippen molar-refractivity contribution in [2.75, 3.05) is 12.0 Å². The molecule has 9 heteroatoms. The largest absolute Gasteiger partial charge is 0.507 e. The molecule has 2 aromatic heterocycles. The zero-order chi connectivity index (χ0) is 23.2. The SMILES string of the molecule is COc1ncc(-c2ccc(-c3ncc(N(C4CC4)[C@@H]4C[C@H]5CC[C@@H](C4)N5)nn3)c(O)c2)cc1F. The van der Waals surface area contributed by atoms with Crippen molar-refractivity contribution in [3.8, 4) is 34.1 Å². The zero-order valence-electron chi connectivity index (χ0n) is 19.0. The summed E-state index contributed by atoms with van der Waals surface area (Å²) in [5.41, 5.74) is 1.63. The average Bonchev–Trinajstić information content (AvgIpc) is 3.62. The van der Waals surface area contributed by atoms with E-state index in [0.29, 0.717) is 46.7 Å². The van der Waals surface area contributed by atoms with Gasteiger partial charge in [-0.15, -0.1) is 10.2 Å². The van der Waals surface area contributed by atoms with Gasteiger partial charge in [-0.05, 0) is 62.3 Å². The van der Waals surface area contributed by atoms with Crippen molar-refractivity contribution >= 4 is 5.82 Å². The van der Waals surface area contributed by atoms with Crippen LogP contribution in [0.15, 0.2) is 36.7 Å². The highest BCUT2D eigenvalue weighted by molar-refractivity contribution is 5.72. The number of phenolic OH excluding ortho intramolecular Hbond substituents is 1. The summed E-state index contributed by atoms with van der Waals surface area (Å²) in [6, 6.07) is 8.58. The number of anilines is 1. The number of methoxy groups -OCH3 is 1. The van der Waals surface area contributed by atoms with Gasteiger partial charge in [0.1, 0.15) is 5.75 Å². The van der Waals surface area contributed by atoms with Crippen LogP contribution in [0.1, 0.15) is 38.5 Å². The van der Waals surface area contributed by atoms with Gasteiger partial charge in [0.2, 0.25) is 5.88 Å². The number of hydrogen-bond donors (Lipinski definition) is 2. The monoisotopic (exact) mass is 462 g/mol. The van der Waals surface area contributed by atoms with Crippen LogP contribution < -0.4 is 15.0 Å². The zero-order valence-corrected chi connectivity index (χ0v) is 19.0. The molecule has 0 unspecified atom stereocenters. The summed E-state index contributed by atoms with van der Waals surface area (Å²) in [4.78, 5) is 10.9. The average molecular weight is 463 g/mol. The van der Waals surface area contributed by atoms with Gasteiger partial charge in [0.25, 0.3) is 0 Å². The molecule has 2 bridgehead atoms. The van der Waals surface area contributed by atoms with E-state index in [4.69, 9.17) is 4.74 Å². The van der Waals surface area contributed by atoms with Crippen molar-refractivity contribution in [2.24, 2.45) is 0 Å². The van der Waals surface area contributed by atoms with Gasteiger partial charge in [0.15, 0.2) is 17.5 Å². The lowest BCUT2D eigenvalue weighted by molar-refractivity contribution is 0.343. The summed E-state index contributed by atoms with van der Waals surface area (Å²) in [6.07, 6.45) is 10.5. The Bertz CT molecular complexity index is 1190. The number of ether oxygens (including phenoxy) is 1. The van der Waals surface area contributed by atoms with Crippen LogP contribution in [0.5, 0.6) is 11.6 Å². The Kier molecular flexibility index (Phi) is 5.28. The van der Waals surface area contributed by atoms with Crippen LogP contribution in [0.3, 0.4) is 0 Å². The number of phenols is 1. The Morgan fingerprint density at radius 3 is 2.38 bits per heavy atom. The first-order valence-corrected chi connectivity index (χ1v) is 11.9. The highest BCUT2D eigenvalue weighted by Crippen LogP contribution is 2.39. The van der Waals surface area contributed by atoms with Crippen LogP contribution in [0.25, 0.3) is 22.5 Å². The molecule has 0 radical (unpaired) electrons. The third kappa shape index (κ3) is 3.94. The van der Waals surface area contributed by atoms with E-state index in [-0.39, 0.29) is 11.6 Å². The Balaban J connectivity index is 1.24. The van der Waals surface area contributed by atoms with E-state index in [9.17, 15) is 9.50 Å². The first kappa shape index (κ1) is 21.2. The number of benzene rings is 1. The summed E-state index contributed by atoms with van der Waals surface area (Å²) in [5.74, 6) is 0.536. The minimum Gasteiger partial charge on any atom is -0.507 e. The van der Waals surface area contributed by atoms with Crippen molar-refractivity contribution in [1.29, 1.82) is 0 Å². The molecular weight excluding hydrogens is 435 g/mol. The molecule has 1 aromatic carbocycles. The minimum atomic E-state index is -0.561. The van der Waals surface area contributed by atoms with Crippen LogP contribution >= 0.6 is 0 Å². The molecule has 3 aliphatic rings. The van der Waals surface area contributed by atoms with E-state index >= 15 is 0 Å². The molecule has 0 amide bonds. The number of hydrogen-bond acceptors (Lipinski definition) is 8. The Hall–Kier alpha value is -3.33. The molecule has 3 fully saturated rings. The summed E-state index contributed by atoms with van der Waals surface area (Å²) in [7, 11) is 1.37. The predicted octanol–water partition coefficient (Wildman–Crippen LogP) is 3.71. The molecular formula is C25H27FN6O2. The maximum absolute atomic E-state index is 14.0. The Morgan fingerprint density at radius 2 is 1.76 bits per heavy atom. The fourth-order valence-corrected chi connectivity index (χ4v) is 5.42. The third-order valence-electron chi connectivity index (χ3n) is 7.17. The third-order valence-corrected chi connectivity index (χ3v) is 7.17. The summed E-state index contributed by atoms with van der Waals surface area (Å²) >= 11 is 0. The smallest absolute Gasteiger partial charge is 0.250 e. The second kappa shape index (κ2) is 8.47. The lowest BCUT2D eigenvalue weighted by Gasteiger charge is -2.38. The van der Waals surface area contributed by atoms with Crippen molar-refractivity contribution in [2.45, 2.75) is 62.7 Å². The second-order valence-corrected chi connectivity index (χ2v) is 9.49. The molecule has 0 spiro atoms. The van der Waals surface area contributed by atoms with Crippen molar-refractivity contribution in [3.05, 3.63) is 42.5 Å². The number of aromatic nitrogens is 4. The maximum Gasteiger partial charge on any atom is 0.250 e. The van der Waals surface area contributed by atoms with Crippen molar-refractivity contribution in [1.82, 2.24) is 25.5 Å². The molecule has 4 heterocycles. The molecule has 2 saturated heterocycles. The lowest BCUT2D eigenvalue weighted by atomic mass is 9.98. The van der Waals surface area contributed by atoms with Gasteiger partial charge in [0, 0.05) is 35.9 Å². The van der Waals surface area contributed by atoms with Crippen LogP contribution in [0.4, 0.5) is 10.2 Å². The molecule has 1 saturated carbocycles. The standard InChI is InChI=1S/C25H27FN6O2/c1-34-25-21(26)8-15(12-28-25)14-2-7-20(22(33)9-14)24-27-13-23(30-31-24)32(18-5-6-18)19-10-16-3-4-17(11-19)29-16/h2,7-9,12-13,16-19,29,33H,3-6,10-11H2,1H3/t16-,17+,19-. The summed E-state index contributed by atoms with van der Waals surface area (Å²) in [6.45, 7) is 0. The summed E-state index contributed by atoms with van der Waals surface area (Å²) < 4.78 is 18.9. The molecule has 8 nitrogen and oxygen atoms in total. The van der Waals surface area contributed by atoms with Crippen LogP contribution in [-0.4, -0.2) is 56.5 Å². The number of rotatable bonds is 6. The topological polar surface area (TPSA) is 96.3 Å². The highest BCUT2D eigenvalue weighted by Gasteiger charge is 2.41. The van der Waals surface area contributed by atoms with Gasteiger partial charge < -0.3 is 20.1 Å². The number of piperidine rings is 1. The van der Waals surface area contributed by atoms with Crippen LogP contribution in [-0.2, 0) is 0 Å². The first-order chi connectivity index (χ1) is 16.6. The predicted molar refractivity (Wildman–Crippen MR) is 125 cm³/mol. The number of pyridine rings is 1. The van der Waals surface area contributed by atoms with E-state index in [1.807, 2.05) is 0 Å². The van der Waals surface area contributed by atoms with Gasteiger partial charge in [-0.3, -0.25) is 0 Å². The lowest BCUT2D eigenvalue weighted by Crippen LogP contribution is -2.49. The van der Waals surface area contributed by atoms with E-state index in [0.717, 1.165) is 18.7 Å². The van der Waals surface area contributed by atoms with Gasteiger partial charge in [-0.1, -0.05) is 6.07 Å². The second-order valence-electron chi connectivity index (χ2n) is 9.49. The van der Waals surface area contributed by atoms with E-state index in [1.165, 1.54) is 45.1 Å². The maximum atomic E-state index is 14.0. The van der Waals surface area contributed by atoms with E-state index < -0.39 is 5.82 Å². The van der Waals surface area contributed by atoms with Gasteiger partial charge >= 0.3 is 0 Å². The number of nitrogens with one attached hydrogen (secondary N) is 1. The first-order valence-electron chi connectivity index (χ1n) is 11.9. The summed E-state index contributed by atoms with van der Waals surface area (Å²) in [5, 5.41) is 23.3. The highest BCUT2D eigenvalue weighted by atomic mass is 19.1. The number of halogens is 1. The fraction of sp³-hybridized carbons (Fsp3) is 0.440. The Labute approximate surface area is 197 Å². The molecule has 34 heavy (non-hydrogen) atoms. The fourth-order valence-electron chi connectivity index (χ4n) is 5.42. The van der Waals surface area contributed by atoms with Crippen LogP contribution in [0.2, 0.25) is 0 Å². The van der Waals surface area contributed by atoms with Crippen molar-refractivity contribution < 1.29 is 14.2 Å². The molecule has 6 rings (SSSR count). The molecule has 3 aromatic rings. The van der Waals surface area contributed by atoms with Crippen molar-refractivity contribution in [3.63, 3.8) is 0 Å². The number of nitrogens with zero attached hydrogens (tertiary/aromatic N) is 5. The van der Waals surface area contributed by atoms with E-state index in [2.05, 4.69) is 30.4 Å². The molecule has 2 aliphatic heterocycles. The number of fused-ring (bicyclic) bond motifs is 2. The molecule has 2 N–H and O–H groups in total. The van der Waals surface area contributed by atoms with Gasteiger partial charge in [-0.2, -0.15) is 0 Å². The Morgan fingerprint density at radius 1 is 0.971 bits per heavy atom. The van der Waals surface area contributed by atoms with Gasteiger partial charge in [-0.25, -0.2) is 14.4 Å². The normalized spacial score (nSPS) is 23.6. The quantitative estimate of drug-likeness (QED) is 0.572. The molecule has 176 valence electrons. The number of aromatic hydroxyl groups is 1. The molecule has 3 atom stereocenters.